The number of carbonyl (C=O) groups excluding carboxylic acids is 2. The number of nitrogens with zero attached hydrogens (tertiary/aromatic N) is 7. The van der Waals surface area contributed by atoms with Crippen LogP contribution in [0.4, 0.5) is 13.2 Å². The second-order valence-electron chi connectivity index (χ2n) is 9.73. The Morgan fingerprint density at radius 1 is 1.05 bits per heavy atom. The minimum Gasteiger partial charge on any atom is -0.338 e. The fourth-order valence-electron chi connectivity index (χ4n) is 4.63. The number of aryl methyl sites for hydroxylation is 1. The van der Waals surface area contributed by atoms with Crippen LogP contribution >= 0.6 is 0 Å². The first-order valence-electron chi connectivity index (χ1n) is 12.6. The number of Topliss-reactive ketones (excluding diaryl/α,β-unsaturated/α-hetero) is 1. The fourth-order valence-corrected chi connectivity index (χ4v) is 6.24. The number of rotatable bonds is 7. The molecule has 3 aromatic heterocycles. The van der Waals surface area contributed by atoms with Gasteiger partial charge in [-0.2, -0.15) is 27.7 Å². The molecule has 1 fully saturated rings. The van der Waals surface area contributed by atoms with Gasteiger partial charge in [-0.1, -0.05) is 12.1 Å². The largest absolute Gasteiger partial charge is 0.433 e. The third-order valence-electron chi connectivity index (χ3n) is 7.00. The number of fused-ring (bicyclic) bond motifs is 1. The molecule has 1 aromatic carbocycles. The lowest BCUT2D eigenvalue weighted by Crippen LogP contribution is -2.51. The number of halogens is 3. The first-order chi connectivity index (χ1) is 19.3. The minimum atomic E-state index is -4.65. The van der Waals surface area contributed by atoms with Gasteiger partial charge in [0, 0.05) is 51.2 Å². The van der Waals surface area contributed by atoms with Gasteiger partial charge < -0.3 is 4.90 Å². The number of pyridine rings is 1. The number of ketones is 1. The van der Waals surface area contributed by atoms with Gasteiger partial charge in [0.15, 0.2) is 5.78 Å². The Kier molecular flexibility index (Phi) is 7.42. The van der Waals surface area contributed by atoms with Crippen molar-refractivity contribution in [3.63, 3.8) is 0 Å². The van der Waals surface area contributed by atoms with E-state index in [2.05, 4.69) is 15.2 Å². The van der Waals surface area contributed by atoms with Gasteiger partial charge in [-0.15, -0.1) is 0 Å². The molecule has 4 heterocycles. The zero-order valence-corrected chi connectivity index (χ0v) is 23.0. The van der Waals surface area contributed by atoms with E-state index in [9.17, 15) is 31.2 Å². The molecule has 0 saturated carbocycles. The summed E-state index contributed by atoms with van der Waals surface area (Å²) in [6.45, 7) is 2.39. The van der Waals surface area contributed by atoms with Gasteiger partial charge in [0.1, 0.15) is 22.8 Å². The number of alkyl halides is 3. The van der Waals surface area contributed by atoms with Crippen LogP contribution in [0.25, 0.3) is 10.9 Å². The van der Waals surface area contributed by atoms with Crippen molar-refractivity contribution >= 4 is 32.6 Å². The molecule has 216 valence electrons. The molecule has 0 unspecified atom stereocenters. The van der Waals surface area contributed by atoms with E-state index in [1.807, 2.05) is 0 Å². The maximum atomic E-state index is 13.0. The van der Waals surface area contributed by atoms with Gasteiger partial charge in [-0.25, -0.2) is 13.4 Å². The highest BCUT2D eigenvalue weighted by molar-refractivity contribution is 7.89. The Balaban J connectivity index is 1.21. The molecule has 0 aliphatic carbocycles. The van der Waals surface area contributed by atoms with Crippen LogP contribution in [0.5, 0.6) is 0 Å². The molecule has 0 radical (unpaired) electrons. The number of hydrogen-bond acceptors (Lipinski definition) is 7. The standard InChI is InChI=1S/C26H26F3N7O4S/c1-17-23(14-30-33(17)2)41(39,40)36-10-8-34(9-11-36)25(38)16-35-15-19-12-18(6-7-20(19)32-35)13-22(37)21-4-3-5-24(31-21)26(27,28)29/h3-7,12,14-15H,8-11,13,16H2,1-2H3. The number of aromatic nitrogens is 5. The summed E-state index contributed by atoms with van der Waals surface area (Å²) in [5.74, 6) is -0.781. The van der Waals surface area contributed by atoms with Crippen LogP contribution < -0.4 is 0 Å². The van der Waals surface area contributed by atoms with Gasteiger partial charge in [0.25, 0.3) is 0 Å². The Labute approximate surface area is 233 Å². The van der Waals surface area contributed by atoms with Crippen LogP contribution in [-0.2, 0) is 41.0 Å². The van der Waals surface area contributed by atoms with Crippen LogP contribution in [-0.4, -0.2) is 80.0 Å². The second-order valence-corrected chi connectivity index (χ2v) is 11.6. The summed E-state index contributed by atoms with van der Waals surface area (Å²) >= 11 is 0. The smallest absolute Gasteiger partial charge is 0.338 e. The summed E-state index contributed by atoms with van der Waals surface area (Å²) in [4.78, 5) is 30.7. The molecule has 5 rings (SSSR count). The predicted octanol–water partition coefficient (Wildman–Crippen LogP) is 2.45. The molecule has 11 nitrogen and oxygen atoms in total. The molecule has 0 bridgehead atoms. The molecular weight excluding hydrogens is 563 g/mol. The molecule has 0 spiro atoms. The van der Waals surface area contributed by atoms with Crippen molar-refractivity contribution in [3.05, 3.63) is 71.4 Å². The topological polar surface area (TPSA) is 123 Å². The maximum Gasteiger partial charge on any atom is 0.433 e. The van der Waals surface area contributed by atoms with Crippen LogP contribution in [0.1, 0.15) is 27.4 Å². The van der Waals surface area contributed by atoms with Crippen molar-refractivity contribution in [1.29, 1.82) is 0 Å². The summed E-state index contributed by atoms with van der Waals surface area (Å²) in [6.07, 6.45) is -1.82. The van der Waals surface area contributed by atoms with Crippen molar-refractivity contribution in [3.8, 4) is 0 Å². The number of amides is 1. The number of benzene rings is 1. The Hall–Kier alpha value is -4.11. The summed E-state index contributed by atoms with van der Waals surface area (Å²) in [5, 5.41) is 9.07. The predicted molar refractivity (Wildman–Crippen MR) is 140 cm³/mol. The third kappa shape index (κ3) is 5.86. The lowest BCUT2D eigenvalue weighted by molar-refractivity contribution is -0.141. The lowest BCUT2D eigenvalue weighted by atomic mass is 10.0. The number of carbonyl (C=O) groups is 2. The molecule has 1 amide bonds. The van der Waals surface area contributed by atoms with Crippen LogP contribution in [0.3, 0.4) is 0 Å². The summed E-state index contributed by atoms with van der Waals surface area (Å²) in [5.41, 5.74) is 0.276. The molecule has 15 heteroatoms. The number of hydrogen-bond donors (Lipinski definition) is 0. The number of piperazine rings is 1. The van der Waals surface area contributed by atoms with Crippen LogP contribution in [0.15, 0.2) is 53.7 Å². The molecule has 1 aliphatic rings. The van der Waals surface area contributed by atoms with Crippen molar-refractivity contribution in [2.24, 2.45) is 7.05 Å². The monoisotopic (exact) mass is 589 g/mol. The first kappa shape index (κ1) is 28.4. The van der Waals surface area contributed by atoms with Gasteiger partial charge in [-0.05, 0) is 36.8 Å². The normalized spacial score (nSPS) is 15.0. The van der Waals surface area contributed by atoms with Crippen LogP contribution in [0, 0.1) is 6.92 Å². The molecule has 41 heavy (non-hydrogen) atoms. The highest BCUT2D eigenvalue weighted by Gasteiger charge is 2.33. The van der Waals surface area contributed by atoms with E-state index in [-0.39, 0.29) is 55.6 Å². The molecule has 4 aromatic rings. The average molecular weight is 590 g/mol. The van der Waals surface area contributed by atoms with Crippen molar-refractivity contribution in [2.45, 2.75) is 31.0 Å². The van der Waals surface area contributed by atoms with E-state index >= 15 is 0 Å². The maximum absolute atomic E-state index is 13.0. The Morgan fingerprint density at radius 2 is 1.78 bits per heavy atom. The highest BCUT2D eigenvalue weighted by Crippen LogP contribution is 2.28. The summed E-state index contributed by atoms with van der Waals surface area (Å²) < 4.78 is 69.2. The SMILES string of the molecule is Cc1c(S(=O)(=O)N2CCN(C(=O)Cn3cc4cc(CC(=O)c5cccc(C(F)(F)F)n5)ccc4n3)CC2)cnn1C. The van der Waals surface area contributed by atoms with E-state index in [4.69, 9.17) is 0 Å². The van der Waals surface area contributed by atoms with Crippen molar-refractivity contribution in [2.75, 3.05) is 26.2 Å². The van der Waals surface area contributed by atoms with Gasteiger partial charge in [0.05, 0.1) is 17.4 Å². The molecule has 0 N–H and O–H groups in total. The van der Waals surface area contributed by atoms with E-state index in [0.717, 1.165) is 12.1 Å². The Bertz CT molecular complexity index is 1740. The highest BCUT2D eigenvalue weighted by atomic mass is 32.2. The molecule has 0 atom stereocenters. The molecular formula is C26H26F3N7O4S. The fraction of sp³-hybridized carbons (Fsp3) is 0.346. The van der Waals surface area contributed by atoms with Crippen molar-refractivity contribution < 1.29 is 31.2 Å². The van der Waals surface area contributed by atoms with E-state index in [1.165, 1.54) is 25.9 Å². The zero-order chi connectivity index (χ0) is 29.5. The molecule has 1 saturated heterocycles. The number of sulfonamides is 1. The van der Waals surface area contributed by atoms with E-state index in [0.29, 0.717) is 22.2 Å². The first-order valence-corrected chi connectivity index (χ1v) is 14.1. The zero-order valence-electron chi connectivity index (χ0n) is 22.2. The average Bonchev–Trinajstić information content (AvgIpc) is 3.49. The lowest BCUT2D eigenvalue weighted by Gasteiger charge is -2.33. The third-order valence-corrected chi connectivity index (χ3v) is 9.00. The molecule has 1 aliphatic heterocycles. The van der Waals surface area contributed by atoms with E-state index in [1.54, 1.807) is 43.3 Å². The van der Waals surface area contributed by atoms with E-state index < -0.39 is 27.7 Å². The summed E-state index contributed by atoms with van der Waals surface area (Å²) in [7, 11) is -2.05. The quantitative estimate of drug-likeness (QED) is 0.304. The van der Waals surface area contributed by atoms with Crippen LogP contribution in [0.2, 0.25) is 0 Å². The minimum absolute atomic E-state index is 0.0639. The van der Waals surface area contributed by atoms with Gasteiger partial charge >= 0.3 is 6.18 Å². The van der Waals surface area contributed by atoms with Gasteiger partial charge in [0.2, 0.25) is 15.9 Å². The summed E-state index contributed by atoms with van der Waals surface area (Å²) in [6, 6.07) is 8.21. The van der Waals surface area contributed by atoms with Gasteiger partial charge in [-0.3, -0.25) is 19.0 Å². The Morgan fingerprint density at radius 3 is 2.44 bits per heavy atom. The second kappa shape index (κ2) is 10.7. The van der Waals surface area contributed by atoms with Crippen molar-refractivity contribution in [1.82, 2.24) is 33.8 Å².